The van der Waals surface area contributed by atoms with Crippen LogP contribution >= 0.6 is 78.3 Å². The molecule has 0 aromatic heterocycles. The molecule has 0 radical (unpaired) electrons. The van der Waals surface area contributed by atoms with E-state index in [0.29, 0.717) is 29.0 Å². The minimum Gasteiger partial charge on any atom is -0.0830 e. The number of halogens is 6. The van der Waals surface area contributed by atoms with Crippen LogP contribution in [0.3, 0.4) is 0 Å². The molecule has 20 heavy (non-hydrogen) atoms. The molecule has 3 aromatic rings. The fourth-order valence-electron chi connectivity index (χ4n) is 2.16. The van der Waals surface area contributed by atoms with Gasteiger partial charge in [0.2, 0.25) is 0 Å². The normalized spacial score (nSPS) is 11.5. The highest BCUT2D eigenvalue weighted by Crippen LogP contribution is 2.43. The predicted molar refractivity (Wildman–Crippen MR) is 96.9 cm³/mol. The average Bonchev–Trinajstić information content (AvgIpc) is 2.42. The molecule has 6 heteroatoms. The smallest absolute Gasteiger partial charge is 0.0641 e. The molecule has 0 aliphatic rings. The van der Waals surface area contributed by atoms with E-state index in [1.54, 1.807) is 0 Å². The first kappa shape index (κ1) is 15.2. The highest BCUT2D eigenvalue weighted by molar-refractivity contribution is 9.11. The highest BCUT2D eigenvalue weighted by Gasteiger charge is 2.14. The van der Waals surface area contributed by atoms with Crippen molar-refractivity contribution in [1.29, 1.82) is 0 Å². The standard InChI is InChI=1S/C14H4Br2Cl4/c15-11-9(17)3-7-5(13(11)19)1-2-6-8(7)4-10(18)12(16)14(6)20/h1-4H. The minimum atomic E-state index is 0.546. The quantitative estimate of drug-likeness (QED) is 0.228. The Labute approximate surface area is 152 Å². The molecule has 0 aliphatic heterocycles. The lowest BCUT2D eigenvalue weighted by molar-refractivity contribution is 1.69. The van der Waals surface area contributed by atoms with Crippen molar-refractivity contribution in [1.82, 2.24) is 0 Å². The summed E-state index contributed by atoms with van der Waals surface area (Å²) in [6.07, 6.45) is 0. The summed E-state index contributed by atoms with van der Waals surface area (Å²) in [5, 5.41) is 5.85. The number of hydrogen-bond acceptors (Lipinski definition) is 0. The van der Waals surface area contributed by atoms with Gasteiger partial charge < -0.3 is 0 Å². The Morgan fingerprint density at radius 1 is 0.600 bits per heavy atom. The van der Waals surface area contributed by atoms with E-state index in [1.807, 2.05) is 24.3 Å². The molecule has 0 N–H and O–H groups in total. The second kappa shape index (κ2) is 5.49. The fraction of sp³-hybridized carbons (Fsp3) is 0. The SMILES string of the molecule is Clc1cc2c(ccc3c(Cl)c(Br)c(Cl)cc32)c(Cl)c1Br. The van der Waals surface area contributed by atoms with Crippen molar-refractivity contribution in [3.8, 4) is 0 Å². The molecule has 3 aromatic carbocycles. The first-order chi connectivity index (χ1) is 9.41. The van der Waals surface area contributed by atoms with Crippen LogP contribution in [0.15, 0.2) is 33.2 Å². The second-order valence-corrected chi connectivity index (χ2v) is 7.38. The van der Waals surface area contributed by atoms with Crippen LogP contribution in [0.2, 0.25) is 20.1 Å². The van der Waals surface area contributed by atoms with Crippen LogP contribution in [0, 0.1) is 0 Å². The van der Waals surface area contributed by atoms with Crippen molar-refractivity contribution in [3.63, 3.8) is 0 Å². The van der Waals surface area contributed by atoms with E-state index in [2.05, 4.69) is 31.9 Å². The van der Waals surface area contributed by atoms with Crippen LogP contribution in [0.25, 0.3) is 21.5 Å². The summed E-state index contributed by atoms with van der Waals surface area (Å²) in [7, 11) is 0. The van der Waals surface area contributed by atoms with Crippen molar-refractivity contribution in [2.75, 3.05) is 0 Å². The Balaban J connectivity index is 2.60. The van der Waals surface area contributed by atoms with Crippen LogP contribution in [0.1, 0.15) is 0 Å². The molecule has 3 rings (SSSR count). The van der Waals surface area contributed by atoms with E-state index in [-0.39, 0.29) is 0 Å². The minimum absolute atomic E-state index is 0.546. The van der Waals surface area contributed by atoms with Crippen molar-refractivity contribution >= 4 is 99.8 Å². The highest BCUT2D eigenvalue weighted by atomic mass is 79.9. The topological polar surface area (TPSA) is 0 Å². The van der Waals surface area contributed by atoms with Gasteiger partial charge in [0.25, 0.3) is 0 Å². The molecule has 0 saturated heterocycles. The maximum Gasteiger partial charge on any atom is 0.0641 e. The molecule has 0 fully saturated rings. The third-order valence-electron chi connectivity index (χ3n) is 3.11. The second-order valence-electron chi connectivity index (χ2n) is 4.23. The number of rotatable bonds is 0. The van der Waals surface area contributed by atoms with Crippen LogP contribution in [0.4, 0.5) is 0 Å². The van der Waals surface area contributed by atoms with Crippen molar-refractivity contribution in [2.24, 2.45) is 0 Å². The molecule has 0 saturated carbocycles. The molecule has 0 aliphatic carbocycles. The van der Waals surface area contributed by atoms with Gasteiger partial charge in [-0.05, 0) is 54.8 Å². The maximum absolute atomic E-state index is 6.34. The Kier molecular flexibility index (Phi) is 4.18. The zero-order valence-electron chi connectivity index (χ0n) is 9.58. The van der Waals surface area contributed by atoms with Gasteiger partial charge in [0.1, 0.15) is 0 Å². The predicted octanol–water partition coefficient (Wildman–Crippen LogP) is 8.13. The van der Waals surface area contributed by atoms with Gasteiger partial charge in [0.05, 0.1) is 29.0 Å². The first-order valence-corrected chi connectivity index (χ1v) is 8.55. The Morgan fingerprint density at radius 2 is 0.950 bits per heavy atom. The summed E-state index contributed by atoms with van der Waals surface area (Å²) in [6, 6.07) is 7.56. The van der Waals surface area contributed by atoms with Gasteiger partial charge in [-0.2, -0.15) is 0 Å². The van der Waals surface area contributed by atoms with E-state index in [0.717, 1.165) is 21.5 Å². The molecule has 0 bridgehead atoms. The molecule has 0 nitrogen and oxygen atoms in total. The van der Waals surface area contributed by atoms with Crippen molar-refractivity contribution in [2.45, 2.75) is 0 Å². The lowest BCUT2D eigenvalue weighted by atomic mass is 10.0. The number of benzene rings is 3. The summed E-state index contributed by atoms with van der Waals surface area (Å²) in [5.41, 5.74) is 0. The van der Waals surface area contributed by atoms with E-state index < -0.39 is 0 Å². The van der Waals surface area contributed by atoms with Crippen LogP contribution in [-0.4, -0.2) is 0 Å². The van der Waals surface area contributed by atoms with Crippen molar-refractivity contribution in [3.05, 3.63) is 53.3 Å². The Bertz CT molecular complexity index is 802. The zero-order chi connectivity index (χ0) is 14.6. The van der Waals surface area contributed by atoms with Gasteiger partial charge in [0.15, 0.2) is 0 Å². The van der Waals surface area contributed by atoms with Gasteiger partial charge >= 0.3 is 0 Å². The zero-order valence-corrected chi connectivity index (χ0v) is 15.8. The summed E-state index contributed by atoms with van der Waals surface area (Å²) >= 11 is 31.8. The summed E-state index contributed by atoms with van der Waals surface area (Å²) < 4.78 is 1.36. The summed E-state index contributed by atoms with van der Waals surface area (Å²) in [5.74, 6) is 0. The van der Waals surface area contributed by atoms with Gasteiger partial charge in [-0.15, -0.1) is 0 Å². The van der Waals surface area contributed by atoms with E-state index >= 15 is 0 Å². The summed E-state index contributed by atoms with van der Waals surface area (Å²) in [6.45, 7) is 0. The van der Waals surface area contributed by atoms with Crippen LogP contribution in [0.5, 0.6) is 0 Å². The van der Waals surface area contributed by atoms with Crippen LogP contribution < -0.4 is 0 Å². The molecule has 102 valence electrons. The number of fused-ring (bicyclic) bond motifs is 3. The summed E-state index contributed by atoms with van der Waals surface area (Å²) in [4.78, 5) is 0. The van der Waals surface area contributed by atoms with Gasteiger partial charge in [-0.25, -0.2) is 0 Å². The molecule has 0 amide bonds. The largest absolute Gasteiger partial charge is 0.0830 e. The van der Waals surface area contributed by atoms with Gasteiger partial charge in [-0.3, -0.25) is 0 Å². The lowest BCUT2D eigenvalue weighted by Crippen LogP contribution is -1.84. The Morgan fingerprint density at radius 3 is 1.30 bits per heavy atom. The van der Waals surface area contributed by atoms with Crippen LogP contribution in [-0.2, 0) is 0 Å². The lowest BCUT2D eigenvalue weighted by Gasteiger charge is -2.11. The molecule has 0 unspecified atom stereocenters. The monoisotopic (exact) mass is 470 g/mol. The van der Waals surface area contributed by atoms with E-state index in [1.165, 1.54) is 0 Å². The van der Waals surface area contributed by atoms with Crippen molar-refractivity contribution < 1.29 is 0 Å². The third kappa shape index (κ3) is 2.25. The molecular weight excluding hydrogens is 470 g/mol. The van der Waals surface area contributed by atoms with Gasteiger partial charge in [0, 0.05) is 10.8 Å². The third-order valence-corrected chi connectivity index (χ3v) is 7.05. The molecular formula is C14H4Br2Cl4. The molecule has 0 atom stereocenters. The van der Waals surface area contributed by atoms with E-state index in [9.17, 15) is 0 Å². The molecule has 0 spiro atoms. The van der Waals surface area contributed by atoms with Gasteiger partial charge in [-0.1, -0.05) is 58.5 Å². The number of hydrogen-bond donors (Lipinski definition) is 0. The Hall–Kier alpha value is 0.300. The molecule has 0 heterocycles. The fourth-order valence-corrected chi connectivity index (χ4v) is 3.85. The maximum atomic E-state index is 6.34. The van der Waals surface area contributed by atoms with E-state index in [4.69, 9.17) is 46.4 Å². The first-order valence-electron chi connectivity index (χ1n) is 5.45. The average molecular weight is 474 g/mol.